The molecule has 8 nitrogen and oxygen atoms in total. The van der Waals surface area contributed by atoms with Crippen molar-refractivity contribution in [2.75, 3.05) is 13.7 Å². The number of hydrogen-bond acceptors (Lipinski definition) is 5. The maximum absolute atomic E-state index is 13.0. The molecule has 0 saturated heterocycles. The number of nitrogens with one attached hydrogen (secondary N) is 1. The monoisotopic (exact) mass is 457 g/mol. The number of benzene rings is 2. The Bertz CT molecular complexity index is 1400. The highest BCUT2D eigenvalue weighted by Crippen LogP contribution is 2.15. The summed E-state index contributed by atoms with van der Waals surface area (Å²) in [6, 6.07) is 18.5. The van der Waals surface area contributed by atoms with Crippen LogP contribution in [0.15, 0.2) is 70.6 Å². The molecule has 0 saturated carbocycles. The van der Waals surface area contributed by atoms with Crippen LogP contribution in [0, 0.1) is 13.8 Å². The highest BCUT2D eigenvalue weighted by atomic mass is 16.5. The lowest BCUT2D eigenvalue weighted by Crippen LogP contribution is -2.29. The van der Waals surface area contributed by atoms with E-state index >= 15 is 0 Å². The minimum Gasteiger partial charge on any atom is -0.383 e. The topological polar surface area (TPSA) is 90.5 Å². The molecule has 2 aromatic heterocycles. The number of carbonyl (C=O) groups is 1. The molecular formula is C26H27N5O3. The average Bonchev–Trinajstić information content (AvgIpc) is 3.12. The summed E-state index contributed by atoms with van der Waals surface area (Å²) in [7, 11) is 1.67. The first-order valence-electron chi connectivity index (χ1n) is 11.0. The second-order valence-corrected chi connectivity index (χ2v) is 8.01. The van der Waals surface area contributed by atoms with Gasteiger partial charge in [-0.15, -0.1) is 0 Å². The van der Waals surface area contributed by atoms with Crippen molar-refractivity contribution in [3.63, 3.8) is 0 Å². The molecule has 0 radical (unpaired) electrons. The Kier molecular flexibility index (Phi) is 6.98. The molecule has 34 heavy (non-hydrogen) atoms. The van der Waals surface area contributed by atoms with Gasteiger partial charge in [-0.05, 0) is 31.5 Å². The van der Waals surface area contributed by atoms with Crippen molar-refractivity contribution < 1.29 is 9.53 Å². The maximum Gasteiger partial charge on any atom is 0.292 e. The summed E-state index contributed by atoms with van der Waals surface area (Å²) in [6.07, 6.45) is 1.62. The van der Waals surface area contributed by atoms with E-state index in [1.165, 1.54) is 4.68 Å². The first kappa shape index (κ1) is 23.1. The zero-order valence-electron chi connectivity index (χ0n) is 19.5. The number of amides is 1. The van der Waals surface area contributed by atoms with Gasteiger partial charge >= 0.3 is 0 Å². The zero-order chi connectivity index (χ0) is 24.1. The van der Waals surface area contributed by atoms with E-state index in [4.69, 9.17) is 4.74 Å². The average molecular weight is 458 g/mol. The van der Waals surface area contributed by atoms with Gasteiger partial charge < -0.3 is 9.30 Å². The molecule has 4 aromatic rings. The number of aryl methyl sites for hydroxylation is 1. The number of carbonyl (C=O) groups excluding carboxylic acids is 1. The van der Waals surface area contributed by atoms with Crippen LogP contribution in [-0.2, 0) is 17.8 Å². The Balaban J connectivity index is 1.61. The van der Waals surface area contributed by atoms with E-state index < -0.39 is 5.91 Å². The van der Waals surface area contributed by atoms with Crippen LogP contribution in [0.1, 0.15) is 33.0 Å². The molecule has 4 rings (SSSR count). The summed E-state index contributed by atoms with van der Waals surface area (Å²) >= 11 is 0. The van der Waals surface area contributed by atoms with Crippen LogP contribution in [-0.4, -0.2) is 40.2 Å². The van der Waals surface area contributed by atoms with Crippen molar-refractivity contribution >= 4 is 22.9 Å². The lowest BCUT2D eigenvalue weighted by molar-refractivity contribution is 0.0949. The third-order valence-corrected chi connectivity index (χ3v) is 5.76. The van der Waals surface area contributed by atoms with Crippen molar-refractivity contribution in [3.8, 4) is 0 Å². The van der Waals surface area contributed by atoms with Gasteiger partial charge in [-0.25, -0.2) is 10.1 Å². The largest absolute Gasteiger partial charge is 0.383 e. The molecule has 0 aliphatic heterocycles. The minimum atomic E-state index is -0.484. The van der Waals surface area contributed by atoms with Crippen molar-refractivity contribution in [1.82, 2.24) is 19.8 Å². The summed E-state index contributed by atoms with van der Waals surface area (Å²) in [6.45, 7) is 5.64. The van der Waals surface area contributed by atoms with Crippen LogP contribution in [0.5, 0.6) is 0 Å². The lowest BCUT2D eigenvalue weighted by atomic mass is 10.1. The standard InChI is InChI=1S/C26H27N5O3/c1-18-15-21(19(2)30(18)13-14-34-3)16-27-28-25(32)24-22-11-7-8-12-23(22)26(33)31(29-24)17-20-9-5-4-6-10-20/h4-12,15-16H,13-14,17H2,1-3H3,(H,28,32). The van der Waals surface area contributed by atoms with Crippen LogP contribution >= 0.6 is 0 Å². The van der Waals surface area contributed by atoms with Crippen molar-refractivity contribution in [2.24, 2.45) is 5.10 Å². The second-order valence-electron chi connectivity index (χ2n) is 8.01. The van der Waals surface area contributed by atoms with Crippen molar-refractivity contribution in [2.45, 2.75) is 26.9 Å². The second kappa shape index (κ2) is 10.3. The minimum absolute atomic E-state index is 0.147. The number of fused-ring (bicyclic) bond motifs is 1. The molecule has 0 unspecified atom stereocenters. The van der Waals surface area contributed by atoms with Gasteiger partial charge in [0.05, 0.1) is 24.8 Å². The Morgan fingerprint density at radius 1 is 1.09 bits per heavy atom. The summed E-state index contributed by atoms with van der Waals surface area (Å²) in [5.74, 6) is -0.484. The van der Waals surface area contributed by atoms with Crippen LogP contribution in [0.3, 0.4) is 0 Å². The van der Waals surface area contributed by atoms with Gasteiger partial charge in [0, 0.05) is 36.0 Å². The molecule has 1 amide bonds. The van der Waals surface area contributed by atoms with Crippen LogP contribution in [0.4, 0.5) is 0 Å². The molecule has 0 fully saturated rings. The summed E-state index contributed by atoms with van der Waals surface area (Å²) in [5, 5.41) is 9.47. The number of hydrazone groups is 1. The van der Waals surface area contributed by atoms with Crippen molar-refractivity contribution in [3.05, 3.63) is 99.2 Å². The highest BCUT2D eigenvalue weighted by Gasteiger charge is 2.16. The van der Waals surface area contributed by atoms with Gasteiger partial charge in [-0.1, -0.05) is 48.5 Å². The molecule has 8 heteroatoms. The van der Waals surface area contributed by atoms with E-state index in [0.29, 0.717) is 17.4 Å². The fourth-order valence-electron chi connectivity index (χ4n) is 3.96. The molecule has 0 atom stereocenters. The Hall–Kier alpha value is -4.04. The van der Waals surface area contributed by atoms with E-state index in [-0.39, 0.29) is 17.8 Å². The SMILES string of the molecule is COCCn1c(C)cc(C=NNC(=O)c2nn(Cc3ccccc3)c(=O)c3ccccc23)c1C. The van der Waals surface area contributed by atoms with E-state index in [0.717, 1.165) is 29.1 Å². The van der Waals surface area contributed by atoms with Gasteiger partial charge in [0.2, 0.25) is 0 Å². The molecule has 2 heterocycles. The summed E-state index contributed by atoms with van der Waals surface area (Å²) in [4.78, 5) is 26.0. The van der Waals surface area contributed by atoms with E-state index in [9.17, 15) is 9.59 Å². The molecule has 0 bridgehead atoms. The Morgan fingerprint density at radius 3 is 2.53 bits per heavy atom. The third kappa shape index (κ3) is 4.82. The highest BCUT2D eigenvalue weighted by molar-refractivity contribution is 6.05. The van der Waals surface area contributed by atoms with Gasteiger partial charge in [-0.2, -0.15) is 10.2 Å². The first-order valence-corrected chi connectivity index (χ1v) is 11.0. The molecule has 0 aliphatic carbocycles. The number of nitrogens with zero attached hydrogens (tertiary/aromatic N) is 4. The van der Waals surface area contributed by atoms with Gasteiger partial charge in [0.15, 0.2) is 5.69 Å². The fourth-order valence-corrected chi connectivity index (χ4v) is 3.96. The van der Waals surface area contributed by atoms with Crippen LogP contribution in [0.2, 0.25) is 0 Å². The molecular weight excluding hydrogens is 430 g/mol. The summed E-state index contributed by atoms with van der Waals surface area (Å²) < 4.78 is 8.63. The van der Waals surface area contributed by atoms with Gasteiger partial charge in [0.1, 0.15) is 0 Å². The smallest absolute Gasteiger partial charge is 0.292 e. The Labute approximate surface area is 197 Å². The molecule has 2 aromatic carbocycles. The van der Waals surface area contributed by atoms with Gasteiger partial charge in [0.25, 0.3) is 11.5 Å². The van der Waals surface area contributed by atoms with E-state index in [1.54, 1.807) is 37.6 Å². The zero-order valence-corrected chi connectivity index (χ0v) is 19.5. The molecule has 0 aliphatic rings. The van der Waals surface area contributed by atoms with E-state index in [1.807, 2.05) is 50.2 Å². The van der Waals surface area contributed by atoms with Gasteiger partial charge in [-0.3, -0.25) is 9.59 Å². The Morgan fingerprint density at radius 2 is 1.79 bits per heavy atom. The molecule has 1 N–H and O–H groups in total. The van der Waals surface area contributed by atoms with E-state index in [2.05, 4.69) is 20.2 Å². The first-order chi connectivity index (χ1) is 16.5. The molecule has 0 spiro atoms. The predicted octanol–water partition coefficient (Wildman–Crippen LogP) is 3.27. The number of rotatable bonds is 8. The molecule has 174 valence electrons. The maximum atomic E-state index is 13.0. The third-order valence-electron chi connectivity index (χ3n) is 5.76. The number of ether oxygens (including phenoxy) is 1. The quantitative estimate of drug-likeness (QED) is 0.325. The number of aromatic nitrogens is 3. The normalized spacial score (nSPS) is 11.4. The number of methoxy groups -OCH3 is 1. The van der Waals surface area contributed by atoms with Crippen LogP contribution in [0.25, 0.3) is 10.8 Å². The predicted molar refractivity (Wildman–Crippen MR) is 132 cm³/mol. The number of hydrogen-bond donors (Lipinski definition) is 1. The van der Waals surface area contributed by atoms with Crippen LogP contribution < -0.4 is 11.0 Å². The fraction of sp³-hybridized carbons (Fsp3) is 0.231. The lowest BCUT2D eigenvalue weighted by Gasteiger charge is -2.10. The van der Waals surface area contributed by atoms with Crippen molar-refractivity contribution in [1.29, 1.82) is 0 Å². The summed E-state index contributed by atoms with van der Waals surface area (Å²) in [5.41, 5.74) is 6.41.